The highest BCUT2D eigenvalue weighted by Crippen LogP contribution is 2.42. The molecule has 0 spiro atoms. The molecule has 0 radical (unpaired) electrons. The Hall–Kier alpha value is -6.18. The Morgan fingerprint density at radius 2 is 1.10 bits per heavy atom. The Balaban J connectivity index is 1.50. The van der Waals surface area contributed by atoms with E-state index in [2.05, 4.69) is 29.6 Å². The van der Waals surface area contributed by atoms with Gasteiger partial charge in [-0.3, -0.25) is 0 Å². The Labute approximate surface area is 414 Å². The fourth-order valence-corrected chi connectivity index (χ4v) is 8.84. The van der Waals surface area contributed by atoms with Gasteiger partial charge >= 0.3 is 35.8 Å². The van der Waals surface area contributed by atoms with E-state index in [0.29, 0.717) is 31.1 Å². The van der Waals surface area contributed by atoms with Gasteiger partial charge < -0.3 is 37.9 Å². The molecule has 0 aromatic heterocycles. The number of benzene rings is 2. The molecule has 0 aliphatic heterocycles. The second-order valence-electron chi connectivity index (χ2n) is 18.8. The number of carbonyl (C=O) groups excluding carboxylic acids is 6. The lowest BCUT2D eigenvalue weighted by Gasteiger charge is -2.38. The summed E-state index contributed by atoms with van der Waals surface area (Å²) in [5, 5.41) is 0. The molecule has 70 heavy (non-hydrogen) atoms. The van der Waals surface area contributed by atoms with Gasteiger partial charge in [0.15, 0.2) is 0 Å². The first-order valence-electron chi connectivity index (χ1n) is 24.6. The van der Waals surface area contributed by atoms with Gasteiger partial charge in [0.25, 0.3) is 0 Å². The summed E-state index contributed by atoms with van der Waals surface area (Å²) in [7, 11) is 2.29. The van der Waals surface area contributed by atoms with Gasteiger partial charge in [-0.05, 0) is 130 Å². The van der Waals surface area contributed by atoms with Crippen LogP contribution in [0.5, 0.6) is 11.5 Å². The maximum atomic E-state index is 12.8. The fourth-order valence-electron chi connectivity index (χ4n) is 8.84. The summed E-state index contributed by atoms with van der Waals surface area (Å²) in [5.74, 6) is -0.344. The molecule has 0 atom stereocenters. The molecule has 0 N–H and O–H groups in total. The van der Waals surface area contributed by atoms with Crippen molar-refractivity contribution in [2.75, 3.05) is 53.9 Å². The van der Waals surface area contributed by atoms with Crippen molar-refractivity contribution in [2.45, 2.75) is 111 Å². The molecule has 382 valence electrons. The third-order valence-electron chi connectivity index (χ3n) is 13.1. The van der Waals surface area contributed by atoms with Crippen LogP contribution in [0, 0.1) is 29.1 Å². The molecule has 14 nitrogen and oxygen atoms in total. The molecule has 4 rings (SSSR count). The molecule has 0 saturated heterocycles. The second kappa shape index (κ2) is 29.8. The molecule has 14 heteroatoms. The highest BCUT2D eigenvalue weighted by molar-refractivity contribution is 5.92. The van der Waals surface area contributed by atoms with Gasteiger partial charge in [0.1, 0.15) is 43.3 Å². The summed E-state index contributed by atoms with van der Waals surface area (Å²) in [5.41, 5.74) is 1.33. The molecule has 2 aromatic carbocycles. The van der Waals surface area contributed by atoms with Crippen molar-refractivity contribution in [3.63, 3.8) is 0 Å². The standard InChI is InChI=1S/C56H74O14/c1-8-9-10-12-41-14-18-43(19-15-41)44-20-16-42(17-21-44)34-66-48-25-22-45(23-26-48)46-24-27-49(47(33-46)13-11-32-65-54(61)39(2)3)67-35-56(38-70-55(62)40(4)5,36-68-52(59)30-28-50(57)63-6)37-69-53(60)31-29-51(58)64-7/h22-31,33,41-44H,2,4,8-21,32,34-38H2,1,3,5-7H3/b30-28+,31-29+. The number of methoxy groups -OCH3 is 2. The van der Waals surface area contributed by atoms with Gasteiger partial charge in [0, 0.05) is 35.5 Å². The first-order chi connectivity index (χ1) is 33.6. The first-order valence-corrected chi connectivity index (χ1v) is 24.6. The number of hydrogen-bond acceptors (Lipinski definition) is 14. The quantitative estimate of drug-likeness (QED) is 0.0341. The number of unbranched alkanes of at least 4 members (excludes halogenated alkanes) is 2. The summed E-state index contributed by atoms with van der Waals surface area (Å²) in [6.07, 6.45) is 20.4. The van der Waals surface area contributed by atoms with E-state index in [1.165, 1.54) is 84.0 Å². The van der Waals surface area contributed by atoms with E-state index in [4.69, 9.17) is 28.4 Å². The van der Waals surface area contributed by atoms with Crippen LogP contribution in [0.1, 0.15) is 110 Å². The zero-order valence-corrected chi connectivity index (χ0v) is 41.9. The van der Waals surface area contributed by atoms with Crippen LogP contribution in [-0.2, 0) is 63.6 Å². The zero-order chi connectivity index (χ0) is 50.9. The van der Waals surface area contributed by atoms with Crippen LogP contribution in [0.4, 0.5) is 0 Å². The molecular weight excluding hydrogens is 897 g/mol. The molecule has 2 fully saturated rings. The lowest BCUT2D eigenvalue weighted by Crippen LogP contribution is -2.44. The van der Waals surface area contributed by atoms with Crippen molar-refractivity contribution in [3.8, 4) is 22.6 Å². The molecule has 2 aromatic rings. The van der Waals surface area contributed by atoms with Crippen LogP contribution in [0.15, 0.2) is 91.1 Å². The van der Waals surface area contributed by atoms with Crippen LogP contribution < -0.4 is 9.47 Å². The topological polar surface area (TPSA) is 176 Å². The number of ether oxygens (including phenoxy) is 8. The van der Waals surface area contributed by atoms with E-state index >= 15 is 0 Å². The average Bonchev–Trinajstić information content (AvgIpc) is 3.37. The second-order valence-corrected chi connectivity index (χ2v) is 18.8. The third-order valence-corrected chi connectivity index (χ3v) is 13.1. The van der Waals surface area contributed by atoms with E-state index in [-0.39, 0.29) is 24.4 Å². The van der Waals surface area contributed by atoms with Gasteiger partial charge in [-0.25, -0.2) is 28.8 Å². The highest BCUT2D eigenvalue weighted by atomic mass is 16.6. The van der Waals surface area contributed by atoms with E-state index in [9.17, 15) is 28.8 Å². The van der Waals surface area contributed by atoms with E-state index in [0.717, 1.165) is 78.7 Å². The van der Waals surface area contributed by atoms with Crippen molar-refractivity contribution in [2.24, 2.45) is 29.1 Å². The summed E-state index contributed by atoms with van der Waals surface area (Å²) in [6, 6.07) is 13.6. The Bertz CT molecular complexity index is 2080. The number of hydrogen-bond donors (Lipinski definition) is 0. The summed E-state index contributed by atoms with van der Waals surface area (Å²) >= 11 is 0. The van der Waals surface area contributed by atoms with Crippen LogP contribution in [0.3, 0.4) is 0 Å². The number of rotatable bonds is 28. The minimum Gasteiger partial charge on any atom is -0.493 e. The molecular formula is C56H74O14. The maximum Gasteiger partial charge on any atom is 0.333 e. The van der Waals surface area contributed by atoms with Crippen molar-refractivity contribution < 1.29 is 66.7 Å². The van der Waals surface area contributed by atoms with Crippen molar-refractivity contribution in [3.05, 3.63) is 96.6 Å². The largest absolute Gasteiger partial charge is 0.493 e. The molecule has 2 aliphatic carbocycles. The van der Waals surface area contributed by atoms with Crippen LogP contribution in [0.2, 0.25) is 0 Å². The predicted molar refractivity (Wildman–Crippen MR) is 264 cm³/mol. The highest BCUT2D eigenvalue weighted by Gasteiger charge is 2.38. The minimum absolute atomic E-state index is 0.0773. The van der Waals surface area contributed by atoms with Crippen LogP contribution in [-0.4, -0.2) is 89.7 Å². The molecule has 0 heterocycles. The first kappa shape index (κ1) is 56.4. The van der Waals surface area contributed by atoms with Crippen molar-refractivity contribution in [1.82, 2.24) is 0 Å². The van der Waals surface area contributed by atoms with Crippen LogP contribution >= 0.6 is 0 Å². The van der Waals surface area contributed by atoms with Crippen LogP contribution in [0.25, 0.3) is 11.1 Å². The predicted octanol–water partition coefficient (Wildman–Crippen LogP) is 10.0. The minimum atomic E-state index is -1.55. The lowest BCUT2D eigenvalue weighted by molar-refractivity contribution is -0.159. The van der Waals surface area contributed by atoms with Gasteiger partial charge in [0.2, 0.25) is 0 Å². The molecule has 2 aliphatic rings. The van der Waals surface area contributed by atoms with Crippen molar-refractivity contribution in [1.29, 1.82) is 0 Å². The number of esters is 6. The van der Waals surface area contributed by atoms with E-state index in [1.807, 2.05) is 36.4 Å². The summed E-state index contributed by atoms with van der Waals surface area (Å²) in [6.45, 7) is 11.5. The monoisotopic (exact) mass is 971 g/mol. The molecule has 0 bridgehead atoms. The van der Waals surface area contributed by atoms with Gasteiger partial charge in [-0.1, -0.05) is 76.8 Å². The molecule has 2 saturated carbocycles. The Morgan fingerprint density at radius 3 is 1.64 bits per heavy atom. The van der Waals surface area contributed by atoms with E-state index < -0.39 is 61.1 Å². The fraction of sp³-hybridized carbons (Fsp3) is 0.536. The Morgan fingerprint density at radius 1 is 0.586 bits per heavy atom. The molecule has 0 amide bonds. The SMILES string of the molecule is C=C(C)C(=O)OCCCc1cc(-c2ccc(OCC3CCC(C4CCC(CCCCC)CC4)CC3)cc2)ccc1OCC(COC(=O)/C=C/C(=O)OC)(COC(=O)/C=C/C(=O)OC)COC(=O)C(=C)C. The number of aryl methyl sites for hydroxylation is 1. The van der Waals surface area contributed by atoms with E-state index in [1.54, 1.807) is 13.0 Å². The third kappa shape index (κ3) is 19.7. The van der Waals surface area contributed by atoms with Crippen molar-refractivity contribution >= 4 is 35.8 Å². The summed E-state index contributed by atoms with van der Waals surface area (Å²) in [4.78, 5) is 73.8. The Kier molecular flexibility index (Phi) is 24.0. The van der Waals surface area contributed by atoms with Gasteiger partial charge in [0.05, 0.1) is 27.4 Å². The summed E-state index contributed by atoms with van der Waals surface area (Å²) < 4.78 is 43.8. The zero-order valence-electron chi connectivity index (χ0n) is 41.9. The normalized spacial score (nSPS) is 18.1. The average molecular weight is 971 g/mol. The lowest BCUT2D eigenvalue weighted by atomic mass is 9.69. The van der Waals surface area contributed by atoms with Gasteiger partial charge in [-0.15, -0.1) is 0 Å². The smallest absolute Gasteiger partial charge is 0.333 e. The maximum absolute atomic E-state index is 12.8. The van der Waals surface area contributed by atoms with Gasteiger partial charge in [-0.2, -0.15) is 0 Å². The molecule has 0 unspecified atom stereocenters. The number of carbonyl (C=O) groups is 6.